The predicted octanol–water partition coefficient (Wildman–Crippen LogP) is 2.89. The Hall–Kier alpha value is -2.36. The molecule has 0 amide bonds. The summed E-state index contributed by atoms with van der Waals surface area (Å²) in [6.07, 6.45) is 0. The minimum absolute atomic E-state index is 0.0706. The highest BCUT2D eigenvalue weighted by Crippen LogP contribution is 2.31. The number of ether oxygens (including phenoxy) is 2. The van der Waals surface area contributed by atoms with Crippen LogP contribution in [-0.2, 0) is 10.0 Å². The van der Waals surface area contributed by atoms with E-state index in [9.17, 15) is 13.2 Å². The standard InChI is InChI=1S/C23H33N3O5S/c1-16(2)26-17(3)13-20(18(26)4)21(27)15-24-9-11-25(12-10-24)32(28,29)19-7-8-22(30-5)23(14-19)31-6/h7-8,13-14,16H,9-12,15H2,1-6H3. The Morgan fingerprint density at radius 3 is 2.16 bits per heavy atom. The summed E-state index contributed by atoms with van der Waals surface area (Å²) in [5, 5.41) is 0. The van der Waals surface area contributed by atoms with E-state index < -0.39 is 10.0 Å². The molecule has 0 bridgehead atoms. The molecule has 1 saturated heterocycles. The normalized spacial score (nSPS) is 15.8. The van der Waals surface area contributed by atoms with Crippen LogP contribution in [0.3, 0.4) is 0 Å². The van der Waals surface area contributed by atoms with Crippen molar-refractivity contribution in [1.82, 2.24) is 13.8 Å². The van der Waals surface area contributed by atoms with Gasteiger partial charge in [-0.05, 0) is 45.9 Å². The van der Waals surface area contributed by atoms with E-state index in [2.05, 4.69) is 18.4 Å². The molecule has 8 nitrogen and oxygen atoms in total. The second-order valence-corrected chi connectivity index (χ2v) is 10.3. The van der Waals surface area contributed by atoms with Crippen LogP contribution in [-0.4, -0.2) is 74.9 Å². The number of benzene rings is 1. The zero-order valence-electron chi connectivity index (χ0n) is 19.7. The second kappa shape index (κ2) is 9.64. The van der Waals surface area contributed by atoms with Crippen LogP contribution in [0.15, 0.2) is 29.2 Å². The van der Waals surface area contributed by atoms with Crippen LogP contribution in [0.5, 0.6) is 11.5 Å². The fraction of sp³-hybridized carbons (Fsp3) is 0.522. The van der Waals surface area contributed by atoms with Crippen LogP contribution in [0.25, 0.3) is 0 Å². The Morgan fingerprint density at radius 1 is 1.00 bits per heavy atom. The predicted molar refractivity (Wildman–Crippen MR) is 123 cm³/mol. The lowest BCUT2D eigenvalue weighted by molar-refractivity contribution is 0.0901. The summed E-state index contributed by atoms with van der Waals surface area (Å²) in [4.78, 5) is 15.1. The molecule has 0 atom stereocenters. The lowest BCUT2D eigenvalue weighted by Gasteiger charge is -2.33. The van der Waals surface area contributed by atoms with Crippen molar-refractivity contribution in [3.8, 4) is 11.5 Å². The van der Waals surface area contributed by atoms with Gasteiger partial charge in [0.1, 0.15) is 0 Å². The molecule has 0 saturated carbocycles. The SMILES string of the molecule is COc1ccc(S(=O)(=O)N2CCN(CC(=O)c3cc(C)n(C(C)C)c3C)CC2)cc1OC. The van der Waals surface area contributed by atoms with E-state index in [0.29, 0.717) is 43.7 Å². The van der Waals surface area contributed by atoms with Gasteiger partial charge in [-0.1, -0.05) is 0 Å². The number of nitrogens with zero attached hydrogens (tertiary/aromatic N) is 3. The first-order valence-corrected chi connectivity index (χ1v) is 12.2. The molecule has 0 aliphatic carbocycles. The van der Waals surface area contributed by atoms with E-state index >= 15 is 0 Å². The molecule has 1 aromatic heterocycles. The molecule has 1 aromatic carbocycles. The Bertz CT molecular complexity index is 1080. The fourth-order valence-electron chi connectivity index (χ4n) is 4.40. The van der Waals surface area contributed by atoms with Crippen molar-refractivity contribution >= 4 is 15.8 Å². The maximum atomic E-state index is 13.1. The molecular formula is C23H33N3O5S. The average molecular weight is 464 g/mol. The third kappa shape index (κ3) is 4.69. The topological polar surface area (TPSA) is 81.1 Å². The smallest absolute Gasteiger partial charge is 0.243 e. The van der Waals surface area contributed by atoms with Crippen molar-refractivity contribution in [1.29, 1.82) is 0 Å². The quantitative estimate of drug-likeness (QED) is 0.560. The Labute approximate surface area is 190 Å². The molecule has 0 radical (unpaired) electrons. The fourth-order valence-corrected chi connectivity index (χ4v) is 5.83. The highest BCUT2D eigenvalue weighted by Gasteiger charge is 2.30. The highest BCUT2D eigenvalue weighted by molar-refractivity contribution is 7.89. The van der Waals surface area contributed by atoms with E-state index in [1.807, 2.05) is 24.8 Å². The molecule has 1 aliphatic rings. The number of carbonyl (C=O) groups is 1. The van der Waals surface area contributed by atoms with Crippen molar-refractivity contribution in [3.05, 3.63) is 41.2 Å². The van der Waals surface area contributed by atoms with Crippen molar-refractivity contribution in [3.63, 3.8) is 0 Å². The van der Waals surface area contributed by atoms with Crippen LogP contribution in [0.2, 0.25) is 0 Å². The van der Waals surface area contributed by atoms with Crippen LogP contribution < -0.4 is 9.47 Å². The molecule has 3 rings (SSSR count). The third-order valence-corrected chi connectivity index (χ3v) is 7.89. The summed E-state index contributed by atoms with van der Waals surface area (Å²) in [5.41, 5.74) is 2.81. The van der Waals surface area contributed by atoms with Crippen molar-refractivity contribution in [2.45, 2.75) is 38.6 Å². The molecule has 0 unspecified atom stereocenters. The van der Waals surface area contributed by atoms with E-state index in [1.165, 1.54) is 30.7 Å². The summed E-state index contributed by atoms with van der Waals surface area (Å²) in [7, 11) is -0.677. The number of rotatable bonds is 8. The van der Waals surface area contributed by atoms with Crippen LogP contribution in [0, 0.1) is 13.8 Å². The summed E-state index contributed by atoms with van der Waals surface area (Å²) >= 11 is 0. The van der Waals surface area contributed by atoms with Gasteiger partial charge in [0.05, 0.1) is 25.7 Å². The number of hydrogen-bond acceptors (Lipinski definition) is 6. The van der Waals surface area contributed by atoms with Gasteiger partial charge in [-0.2, -0.15) is 4.31 Å². The van der Waals surface area contributed by atoms with Gasteiger partial charge in [0.15, 0.2) is 17.3 Å². The maximum Gasteiger partial charge on any atom is 0.243 e. The maximum absolute atomic E-state index is 13.1. The lowest BCUT2D eigenvalue weighted by atomic mass is 10.1. The number of carbonyl (C=O) groups excluding carboxylic acids is 1. The number of sulfonamides is 1. The Balaban J connectivity index is 1.66. The van der Waals surface area contributed by atoms with Crippen LogP contribution >= 0.6 is 0 Å². The summed E-state index contributed by atoms with van der Waals surface area (Å²) in [6.45, 7) is 10.1. The summed E-state index contributed by atoms with van der Waals surface area (Å²) in [6, 6.07) is 6.84. The van der Waals surface area contributed by atoms with Crippen molar-refractivity contribution < 1.29 is 22.7 Å². The first-order valence-electron chi connectivity index (χ1n) is 10.8. The number of piperazine rings is 1. The van der Waals surface area contributed by atoms with E-state index in [4.69, 9.17) is 9.47 Å². The van der Waals surface area contributed by atoms with Crippen molar-refractivity contribution in [2.75, 3.05) is 46.9 Å². The number of aromatic nitrogens is 1. The number of hydrogen-bond donors (Lipinski definition) is 0. The highest BCUT2D eigenvalue weighted by atomic mass is 32.2. The second-order valence-electron chi connectivity index (χ2n) is 8.37. The average Bonchev–Trinajstić information content (AvgIpc) is 3.07. The Kier molecular flexibility index (Phi) is 7.32. The van der Waals surface area contributed by atoms with Gasteiger partial charge >= 0.3 is 0 Å². The molecule has 2 heterocycles. The Morgan fingerprint density at radius 2 is 1.62 bits per heavy atom. The van der Waals surface area contributed by atoms with E-state index in [0.717, 1.165) is 17.0 Å². The molecule has 9 heteroatoms. The largest absolute Gasteiger partial charge is 0.493 e. The third-order valence-electron chi connectivity index (χ3n) is 5.99. The molecule has 0 spiro atoms. The first-order chi connectivity index (χ1) is 15.1. The van der Waals surface area contributed by atoms with Crippen molar-refractivity contribution in [2.24, 2.45) is 0 Å². The lowest BCUT2D eigenvalue weighted by Crippen LogP contribution is -2.49. The molecule has 1 fully saturated rings. The van der Waals surface area contributed by atoms with Gasteiger partial charge in [0, 0.05) is 55.2 Å². The van der Waals surface area contributed by atoms with Gasteiger partial charge in [-0.3, -0.25) is 9.69 Å². The molecule has 0 N–H and O–H groups in total. The zero-order chi connectivity index (χ0) is 23.6. The van der Waals surface area contributed by atoms with Crippen LogP contribution in [0.1, 0.15) is 41.6 Å². The molecule has 2 aromatic rings. The van der Waals surface area contributed by atoms with Gasteiger partial charge in [0.2, 0.25) is 10.0 Å². The first kappa shape index (κ1) is 24.3. The number of methoxy groups -OCH3 is 2. The minimum Gasteiger partial charge on any atom is -0.493 e. The van der Waals surface area contributed by atoms with E-state index in [1.54, 1.807) is 6.07 Å². The monoisotopic (exact) mass is 463 g/mol. The molecular weight excluding hydrogens is 430 g/mol. The number of aryl methyl sites for hydroxylation is 1. The molecule has 32 heavy (non-hydrogen) atoms. The van der Waals surface area contributed by atoms with Crippen LogP contribution in [0.4, 0.5) is 0 Å². The summed E-state index contributed by atoms with van der Waals surface area (Å²) in [5.74, 6) is 0.921. The van der Waals surface area contributed by atoms with Gasteiger partial charge in [0.25, 0.3) is 0 Å². The van der Waals surface area contributed by atoms with Gasteiger partial charge < -0.3 is 14.0 Å². The zero-order valence-corrected chi connectivity index (χ0v) is 20.5. The molecule has 176 valence electrons. The molecule has 1 aliphatic heterocycles. The van der Waals surface area contributed by atoms with Gasteiger partial charge in [-0.25, -0.2) is 8.42 Å². The van der Waals surface area contributed by atoms with Gasteiger partial charge in [-0.15, -0.1) is 0 Å². The number of ketones is 1. The minimum atomic E-state index is -3.66. The number of Topliss-reactive ketones (excluding diaryl/α,β-unsaturated/α-hetero) is 1. The summed E-state index contributed by atoms with van der Waals surface area (Å²) < 4.78 is 40.3. The van der Waals surface area contributed by atoms with E-state index in [-0.39, 0.29) is 17.2 Å².